The topological polar surface area (TPSA) is 3.24 Å². The first-order chi connectivity index (χ1) is 6.29. The Kier molecular flexibility index (Phi) is 1.86. The molecule has 0 heterocycles. The van der Waals surface area contributed by atoms with E-state index in [9.17, 15) is 0 Å². The van der Waals surface area contributed by atoms with Gasteiger partial charge in [0, 0.05) is 8.78 Å². The number of benzene rings is 1. The second-order valence-corrected chi connectivity index (χ2v) is 2.68. The summed E-state index contributed by atoms with van der Waals surface area (Å²) < 4.78 is 14.5. The van der Waals surface area contributed by atoms with Crippen LogP contribution in [0.1, 0.15) is 21.3 Å². The minimum atomic E-state index is 0.163. The van der Waals surface area contributed by atoms with Crippen molar-refractivity contribution in [3.8, 4) is 0 Å². The van der Waals surface area contributed by atoms with Crippen LogP contribution in [-0.4, -0.2) is 18.9 Å². The van der Waals surface area contributed by atoms with Crippen LogP contribution in [0.5, 0.6) is 0 Å². The van der Waals surface area contributed by atoms with Gasteiger partial charge in [0.1, 0.15) is 0 Å². The highest BCUT2D eigenvalue weighted by molar-refractivity contribution is 5.17. The van der Waals surface area contributed by atoms with Gasteiger partial charge in [-0.05, 0) is 26.5 Å². The molecule has 0 saturated carbocycles. The van der Waals surface area contributed by atoms with Gasteiger partial charge in [0.05, 0.1) is 0 Å². The van der Waals surface area contributed by atoms with Crippen molar-refractivity contribution in [1.29, 1.82) is 0 Å². The van der Waals surface area contributed by atoms with Crippen molar-refractivity contribution in [3.63, 3.8) is 0 Å². The van der Waals surface area contributed by atoms with Crippen molar-refractivity contribution in [2.24, 2.45) is 0 Å². The van der Waals surface area contributed by atoms with E-state index in [1.807, 2.05) is 37.3 Å². The fourth-order valence-electron chi connectivity index (χ4n) is 0.942. The first kappa shape index (κ1) is 5.78. The van der Waals surface area contributed by atoms with Crippen LogP contribution in [0.2, 0.25) is 0 Å². The third kappa shape index (κ3) is 2.05. The van der Waals surface area contributed by atoms with Crippen LogP contribution in [-0.2, 0) is 0 Å². The Labute approximate surface area is 71.5 Å². The number of hydrogen-bond acceptors (Lipinski definition) is 1. The molecule has 0 saturated heterocycles. The van der Waals surface area contributed by atoms with Crippen molar-refractivity contribution in [2.45, 2.75) is 13.0 Å². The van der Waals surface area contributed by atoms with Crippen LogP contribution < -0.4 is 0 Å². The molecule has 0 fully saturated rings. The van der Waals surface area contributed by atoms with E-state index in [-0.39, 0.29) is 20.1 Å². The maximum atomic E-state index is 7.25. The fourth-order valence-corrected chi connectivity index (χ4v) is 0.942. The SMILES string of the molecule is [2H]CN(C[2H])C(C)c1ccccc1. The molecule has 0 N–H and O–H groups in total. The van der Waals surface area contributed by atoms with Gasteiger partial charge in [-0.1, -0.05) is 30.3 Å². The number of rotatable bonds is 2. The monoisotopic (exact) mass is 151 g/mol. The van der Waals surface area contributed by atoms with Gasteiger partial charge in [0.25, 0.3) is 0 Å². The van der Waals surface area contributed by atoms with Gasteiger partial charge in [-0.3, -0.25) is 0 Å². The van der Waals surface area contributed by atoms with Crippen LogP contribution in [0.25, 0.3) is 0 Å². The zero-order chi connectivity index (χ0) is 9.68. The van der Waals surface area contributed by atoms with E-state index in [1.165, 1.54) is 5.56 Å². The molecular formula is C10H15N. The van der Waals surface area contributed by atoms with Crippen LogP contribution in [0.4, 0.5) is 0 Å². The summed E-state index contributed by atoms with van der Waals surface area (Å²) in [4.78, 5) is 1.79. The van der Waals surface area contributed by atoms with Gasteiger partial charge >= 0.3 is 0 Å². The summed E-state index contributed by atoms with van der Waals surface area (Å²) in [6.07, 6.45) is 0. The molecule has 0 spiro atoms. The van der Waals surface area contributed by atoms with Crippen molar-refractivity contribution in [2.75, 3.05) is 14.0 Å². The molecule has 11 heavy (non-hydrogen) atoms. The average Bonchev–Trinajstić information content (AvgIpc) is 2.21. The molecule has 0 bridgehead atoms. The van der Waals surface area contributed by atoms with Crippen LogP contribution in [0.3, 0.4) is 0 Å². The molecule has 0 amide bonds. The quantitative estimate of drug-likeness (QED) is 0.627. The first-order valence-corrected chi connectivity index (χ1v) is 3.67. The van der Waals surface area contributed by atoms with E-state index >= 15 is 0 Å². The van der Waals surface area contributed by atoms with E-state index in [1.54, 1.807) is 4.90 Å². The predicted octanol–water partition coefficient (Wildman–Crippen LogP) is 2.31. The predicted molar refractivity (Wildman–Crippen MR) is 48.5 cm³/mol. The molecule has 1 atom stereocenters. The van der Waals surface area contributed by atoms with E-state index in [0.717, 1.165) is 0 Å². The third-order valence-corrected chi connectivity index (χ3v) is 1.83. The lowest BCUT2D eigenvalue weighted by Gasteiger charge is -2.19. The van der Waals surface area contributed by atoms with E-state index in [2.05, 4.69) is 0 Å². The lowest BCUT2D eigenvalue weighted by Crippen LogP contribution is -2.16. The van der Waals surface area contributed by atoms with Gasteiger partial charge in [-0.25, -0.2) is 0 Å². The summed E-state index contributed by atoms with van der Waals surface area (Å²) >= 11 is 0. The summed E-state index contributed by atoms with van der Waals surface area (Å²) in [5.41, 5.74) is 1.17. The summed E-state index contributed by atoms with van der Waals surface area (Å²) in [5, 5.41) is 0. The summed E-state index contributed by atoms with van der Waals surface area (Å²) in [6, 6.07) is 10.2. The minimum Gasteiger partial charge on any atom is -0.303 e. The van der Waals surface area contributed by atoms with Gasteiger partial charge in [-0.2, -0.15) is 0 Å². The van der Waals surface area contributed by atoms with E-state index in [4.69, 9.17) is 2.74 Å². The second kappa shape index (κ2) is 3.54. The molecule has 60 valence electrons. The summed E-state index contributed by atoms with van der Waals surface area (Å²) in [5.74, 6) is 0. The average molecular weight is 151 g/mol. The van der Waals surface area contributed by atoms with Gasteiger partial charge in [0.15, 0.2) is 0 Å². The maximum Gasteiger partial charge on any atom is 0.0394 e. The molecule has 0 radical (unpaired) electrons. The molecule has 0 aliphatic carbocycles. The van der Waals surface area contributed by atoms with Gasteiger partial charge in [0.2, 0.25) is 0 Å². The van der Waals surface area contributed by atoms with Gasteiger partial charge in [-0.15, -0.1) is 0 Å². The Bertz CT molecular complexity index is 234. The highest BCUT2D eigenvalue weighted by atomic mass is 15.1. The molecule has 1 nitrogen and oxygen atoms in total. The highest BCUT2D eigenvalue weighted by Crippen LogP contribution is 2.15. The van der Waals surface area contributed by atoms with Crippen molar-refractivity contribution in [3.05, 3.63) is 35.9 Å². The van der Waals surface area contributed by atoms with Crippen molar-refractivity contribution < 1.29 is 2.74 Å². The minimum absolute atomic E-state index is 0.163. The van der Waals surface area contributed by atoms with Crippen molar-refractivity contribution >= 4 is 0 Å². The molecule has 1 aromatic rings. The Balaban J connectivity index is 2.72. The summed E-state index contributed by atoms with van der Waals surface area (Å²) in [7, 11) is 0.360. The maximum absolute atomic E-state index is 7.25. The Morgan fingerprint density at radius 1 is 1.27 bits per heavy atom. The lowest BCUT2D eigenvalue weighted by atomic mass is 10.1. The zero-order valence-corrected chi connectivity index (χ0v) is 6.83. The lowest BCUT2D eigenvalue weighted by molar-refractivity contribution is 0.321. The van der Waals surface area contributed by atoms with Crippen LogP contribution >= 0.6 is 0 Å². The molecule has 1 aromatic carbocycles. The molecule has 1 rings (SSSR count). The Morgan fingerprint density at radius 3 is 2.45 bits per heavy atom. The fraction of sp³-hybridized carbons (Fsp3) is 0.400. The summed E-state index contributed by atoms with van der Waals surface area (Å²) in [6.45, 7) is 2.03. The first-order valence-electron chi connectivity index (χ1n) is 5.08. The third-order valence-electron chi connectivity index (χ3n) is 1.83. The van der Waals surface area contributed by atoms with Crippen LogP contribution in [0, 0.1) is 0 Å². The largest absolute Gasteiger partial charge is 0.303 e. The number of hydrogen-bond donors (Lipinski definition) is 0. The van der Waals surface area contributed by atoms with Crippen molar-refractivity contribution in [1.82, 2.24) is 4.90 Å². The Hall–Kier alpha value is -0.820. The molecule has 1 heteroatoms. The van der Waals surface area contributed by atoms with E-state index < -0.39 is 0 Å². The smallest absolute Gasteiger partial charge is 0.0394 e. The van der Waals surface area contributed by atoms with Gasteiger partial charge < -0.3 is 4.90 Å². The molecule has 0 aliphatic heterocycles. The Morgan fingerprint density at radius 2 is 1.91 bits per heavy atom. The second-order valence-electron chi connectivity index (χ2n) is 2.68. The standard InChI is InChI=1S/C10H15N/c1-9(11(2)3)10-7-5-4-6-8-10/h4-9H,1-3H3/i2D,3D. The zero-order valence-electron chi connectivity index (χ0n) is 8.83. The molecular weight excluding hydrogens is 134 g/mol. The molecule has 0 aliphatic rings. The molecule has 0 aromatic heterocycles. The van der Waals surface area contributed by atoms with E-state index in [0.29, 0.717) is 0 Å². The molecule has 1 unspecified atom stereocenters. The number of nitrogens with zero attached hydrogens (tertiary/aromatic N) is 1. The van der Waals surface area contributed by atoms with Crippen LogP contribution in [0.15, 0.2) is 30.3 Å². The normalized spacial score (nSPS) is 15.8. The highest BCUT2D eigenvalue weighted by Gasteiger charge is 2.04.